The van der Waals surface area contributed by atoms with Crippen LogP contribution in [0.25, 0.3) is 0 Å². The van der Waals surface area contributed by atoms with Gasteiger partial charge >= 0.3 is 0 Å². The largest absolute Gasteiger partial charge is 0.373 e. The van der Waals surface area contributed by atoms with Crippen LogP contribution >= 0.6 is 22.6 Å². The van der Waals surface area contributed by atoms with E-state index in [4.69, 9.17) is 4.74 Å². The summed E-state index contributed by atoms with van der Waals surface area (Å²) < 4.78 is 6.82. The Labute approximate surface area is 112 Å². The van der Waals surface area contributed by atoms with Crippen molar-refractivity contribution in [1.29, 1.82) is 0 Å². The average Bonchev–Trinajstić information content (AvgIpc) is 2.33. The predicted molar refractivity (Wildman–Crippen MR) is 78.0 cm³/mol. The number of rotatable bonds is 7. The zero-order valence-electron chi connectivity index (χ0n) is 9.79. The maximum atomic E-state index is 5.59. The van der Waals surface area contributed by atoms with Gasteiger partial charge in [0.05, 0.1) is 13.2 Å². The predicted octanol–water partition coefficient (Wildman–Crippen LogP) is 4.36. The number of benzene rings is 1. The van der Waals surface area contributed by atoms with Gasteiger partial charge in [0.25, 0.3) is 0 Å². The summed E-state index contributed by atoms with van der Waals surface area (Å²) in [5.74, 6) is 0. The molecule has 1 aromatic carbocycles. The molecule has 0 N–H and O–H groups in total. The molecule has 0 aliphatic heterocycles. The second kappa shape index (κ2) is 8.76. The van der Waals surface area contributed by atoms with Crippen molar-refractivity contribution in [2.45, 2.75) is 26.4 Å². The van der Waals surface area contributed by atoms with E-state index >= 15 is 0 Å². The van der Waals surface area contributed by atoms with Crippen LogP contribution in [0, 0.1) is 0 Å². The van der Waals surface area contributed by atoms with Crippen LogP contribution in [0.15, 0.2) is 42.0 Å². The number of hydrogen-bond acceptors (Lipinski definition) is 1. The molecule has 0 unspecified atom stereocenters. The molecule has 1 nitrogen and oxygen atoms in total. The molecule has 16 heavy (non-hydrogen) atoms. The van der Waals surface area contributed by atoms with Crippen molar-refractivity contribution in [3.63, 3.8) is 0 Å². The molecule has 88 valence electrons. The summed E-state index contributed by atoms with van der Waals surface area (Å²) >= 11 is 2.42. The van der Waals surface area contributed by atoms with Crippen LogP contribution in [0.3, 0.4) is 0 Å². The van der Waals surface area contributed by atoms with Gasteiger partial charge in [-0.2, -0.15) is 0 Å². The molecule has 0 heterocycles. The first-order chi connectivity index (χ1) is 7.83. The van der Waals surface area contributed by atoms with Crippen molar-refractivity contribution in [2.75, 3.05) is 11.0 Å². The van der Waals surface area contributed by atoms with E-state index in [0.717, 1.165) is 6.61 Å². The minimum Gasteiger partial charge on any atom is -0.373 e. The highest BCUT2D eigenvalue weighted by Crippen LogP contribution is 2.06. The molecule has 1 rings (SSSR count). The molecule has 1 aromatic rings. The van der Waals surface area contributed by atoms with Crippen LogP contribution in [0.2, 0.25) is 0 Å². The first kappa shape index (κ1) is 13.7. The fourth-order valence-electron chi connectivity index (χ4n) is 1.40. The van der Waals surface area contributed by atoms with Crippen LogP contribution in [0.5, 0.6) is 0 Å². The molecule has 0 saturated heterocycles. The minimum absolute atomic E-state index is 0.705. The Hall–Kier alpha value is -0.350. The van der Waals surface area contributed by atoms with E-state index < -0.39 is 0 Å². The van der Waals surface area contributed by atoms with Gasteiger partial charge in [0.1, 0.15) is 0 Å². The second-order valence-corrected chi connectivity index (χ2v) is 4.92. The minimum atomic E-state index is 0.705. The van der Waals surface area contributed by atoms with Crippen LogP contribution < -0.4 is 0 Å². The Balaban J connectivity index is 2.16. The van der Waals surface area contributed by atoms with E-state index in [9.17, 15) is 0 Å². The van der Waals surface area contributed by atoms with Gasteiger partial charge < -0.3 is 4.74 Å². The smallest absolute Gasteiger partial charge is 0.0721 e. The fraction of sp³-hybridized carbons (Fsp3) is 0.429. The number of allylic oxidation sites excluding steroid dienone is 1. The highest BCUT2D eigenvalue weighted by atomic mass is 127. The maximum absolute atomic E-state index is 5.59. The normalized spacial score (nSPS) is 11.8. The van der Waals surface area contributed by atoms with Gasteiger partial charge in [0.15, 0.2) is 0 Å². The van der Waals surface area contributed by atoms with Crippen molar-refractivity contribution < 1.29 is 4.74 Å². The Morgan fingerprint density at radius 3 is 2.75 bits per heavy atom. The van der Waals surface area contributed by atoms with Crippen molar-refractivity contribution in [2.24, 2.45) is 0 Å². The first-order valence-electron chi connectivity index (χ1n) is 5.66. The molecule has 2 heteroatoms. The standard InChI is InChI=1S/C14H19IO/c1-13(6-5-10-15)9-11-16-12-14-7-3-2-4-8-14/h2-4,7-9H,5-6,10-12H2,1H3/b13-9-. The zero-order valence-corrected chi connectivity index (χ0v) is 11.9. The highest BCUT2D eigenvalue weighted by Gasteiger charge is 1.92. The fourth-order valence-corrected chi connectivity index (χ4v) is 1.78. The molecule has 0 aromatic heterocycles. The van der Waals surface area contributed by atoms with Crippen molar-refractivity contribution >= 4 is 22.6 Å². The number of alkyl halides is 1. The Kier molecular flexibility index (Phi) is 7.51. The molecule has 0 amide bonds. The summed E-state index contributed by atoms with van der Waals surface area (Å²) in [4.78, 5) is 0. The SMILES string of the molecule is C/C(=C/COCc1ccccc1)CCCI. The molecule has 0 saturated carbocycles. The lowest BCUT2D eigenvalue weighted by atomic mass is 10.2. The van der Waals surface area contributed by atoms with Gasteiger partial charge in [-0.1, -0.05) is 64.6 Å². The topological polar surface area (TPSA) is 9.23 Å². The summed E-state index contributed by atoms with van der Waals surface area (Å²) in [5, 5.41) is 0. The molecule has 0 atom stereocenters. The molecule has 0 bridgehead atoms. The van der Waals surface area contributed by atoms with E-state index in [-0.39, 0.29) is 0 Å². The molecule has 0 fully saturated rings. The molecule has 0 spiro atoms. The Morgan fingerprint density at radius 2 is 2.06 bits per heavy atom. The third kappa shape index (κ3) is 6.28. The highest BCUT2D eigenvalue weighted by molar-refractivity contribution is 14.1. The lowest BCUT2D eigenvalue weighted by molar-refractivity contribution is 0.148. The van der Waals surface area contributed by atoms with Crippen molar-refractivity contribution in [3.05, 3.63) is 47.5 Å². The maximum Gasteiger partial charge on any atom is 0.0721 e. The molecular formula is C14H19IO. The second-order valence-electron chi connectivity index (χ2n) is 3.84. The van der Waals surface area contributed by atoms with Crippen LogP contribution in [-0.4, -0.2) is 11.0 Å². The number of ether oxygens (including phenoxy) is 1. The molecule has 0 aliphatic rings. The van der Waals surface area contributed by atoms with E-state index in [1.807, 2.05) is 18.2 Å². The first-order valence-corrected chi connectivity index (χ1v) is 7.18. The van der Waals surface area contributed by atoms with Crippen molar-refractivity contribution in [1.82, 2.24) is 0 Å². The van der Waals surface area contributed by atoms with Crippen LogP contribution in [0.1, 0.15) is 25.3 Å². The Morgan fingerprint density at radius 1 is 1.31 bits per heavy atom. The quantitative estimate of drug-likeness (QED) is 0.312. The zero-order chi connectivity index (χ0) is 11.6. The van der Waals surface area contributed by atoms with Crippen LogP contribution in [0.4, 0.5) is 0 Å². The number of halogens is 1. The lowest BCUT2D eigenvalue weighted by Crippen LogP contribution is -1.93. The Bertz CT molecular complexity index is 306. The van der Waals surface area contributed by atoms with E-state index in [0.29, 0.717) is 6.61 Å². The summed E-state index contributed by atoms with van der Waals surface area (Å²) in [6.45, 7) is 3.61. The monoisotopic (exact) mass is 330 g/mol. The van der Waals surface area contributed by atoms with E-state index in [2.05, 4.69) is 47.7 Å². The molecule has 0 aliphatic carbocycles. The molecule has 0 radical (unpaired) electrons. The summed E-state index contributed by atoms with van der Waals surface area (Å²) in [7, 11) is 0. The third-order valence-electron chi connectivity index (χ3n) is 2.37. The van der Waals surface area contributed by atoms with Gasteiger partial charge in [0.2, 0.25) is 0 Å². The molecular weight excluding hydrogens is 311 g/mol. The summed E-state index contributed by atoms with van der Waals surface area (Å²) in [5.41, 5.74) is 2.67. The van der Waals surface area contributed by atoms with Gasteiger partial charge in [-0.3, -0.25) is 0 Å². The summed E-state index contributed by atoms with van der Waals surface area (Å²) in [6.07, 6.45) is 4.65. The lowest BCUT2D eigenvalue weighted by Gasteiger charge is -2.02. The van der Waals surface area contributed by atoms with E-state index in [1.165, 1.54) is 28.4 Å². The number of hydrogen-bond donors (Lipinski definition) is 0. The third-order valence-corrected chi connectivity index (χ3v) is 3.13. The van der Waals surface area contributed by atoms with Gasteiger partial charge in [-0.25, -0.2) is 0 Å². The van der Waals surface area contributed by atoms with Crippen molar-refractivity contribution in [3.8, 4) is 0 Å². The van der Waals surface area contributed by atoms with Gasteiger partial charge in [-0.15, -0.1) is 0 Å². The van der Waals surface area contributed by atoms with Gasteiger partial charge in [-0.05, 0) is 29.8 Å². The van der Waals surface area contributed by atoms with Crippen LogP contribution in [-0.2, 0) is 11.3 Å². The van der Waals surface area contributed by atoms with Gasteiger partial charge in [0, 0.05) is 0 Å². The average molecular weight is 330 g/mol. The summed E-state index contributed by atoms with van der Waals surface area (Å²) in [6, 6.07) is 10.3. The van der Waals surface area contributed by atoms with E-state index in [1.54, 1.807) is 0 Å².